The van der Waals surface area contributed by atoms with Gasteiger partial charge in [0, 0.05) is 24.7 Å². The second-order valence-electron chi connectivity index (χ2n) is 8.91. The van der Waals surface area contributed by atoms with E-state index in [1.165, 1.54) is 11.3 Å². The normalized spacial score (nSPS) is 16.5. The molecular formula is C25H33N3O3S. The van der Waals surface area contributed by atoms with E-state index < -0.39 is 6.04 Å². The first-order valence-corrected chi connectivity index (χ1v) is 12.2. The van der Waals surface area contributed by atoms with Gasteiger partial charge in [-0.05, 0) is 61.6 Å². The van der Waals surface area contributed by atoms with Gasteiger partial charge in [0.2, 0.25) is 5.91 Å². The number of piperidine rings is 1. The second kappa shape index (κ2) is 10.8. The molecule has 1 aromatic carbocycles. The molecule has 0 saturated carbocycles. The van der Waals surface area contributed by atoms with Crippen LogP contribution >= 0.6 is 11.3 Å². The molecule has 7 heteroatoms. The third-order valence-electron chi connectivity index (χ3n) is 6.36. The molecule has 2 aromatic rings. The molecule has 3 rings (SSSR count). The number of amides is 3. The van der Waals surface area contributed by atoms with Crippen LogP contribution in [0.15, 0.2) is 41.8 Å². The summed E-state index contributed by atoms with van der Waals surface area (Å²) in [5.41, 5.74) is 1.68. The number of carbonyl (C=O) groups is 3. The van der Waals surface area contributed by atoms with Gasteiger partial charge in [-0.25, -0.2) is 0 Å². The maximum absolute atomic E-state index is 13.1. The van der Waals surface area contributed by atoms with Crippen LogP contribution < -0.4 is 10.6 Å². The van der Waals surface area contributed by atoms with Crippen LogP contribution in [-0.2, 0) is 4.79 Å². The highest BCUT2D eigenvalue weighted by atomic mass is 32.1. The largest absolute Gasteiger partial charge is 0.352 e. The van der Waals surface area contributed by atoms with Gasteiger partial charge in [-0.3, -0.25) is 14.4 Å². The van der Waals surface area contributed by atoms with E-state index >= 15 is 0 Å². The van der Waals surface area contributed by atoms with E-state index in [-0.39, 0.29) is 29.7 Å². The number of benzene rings is 1. The number of carbonyl (C=O) groups excluding carboxylic acids is 3. The summed E-state index contributed by atoms with van der Waals surface area (Å²) in [6, 6.07) is 10.6. The van der Waals surface area contributed by atoms with Crippen LogP contribution in [0.5, 0.6) is 0 Å². The molecule has 32 heavy (non-hydrogen) atoms. The van der Waals surface area contributed by atoms with Crippen molar-refractivity contribution >= 4 is 29.1 Å². The lowest BCUT2D eigenvalue weighted by Crippen LogP contribution is -2.55. The molecule has 6 nitrogen and oxygen atoms in total. The zero-order chi connectivity index (χ0) is 23.3. The Kier molecular flexibility index (Phi) is 8.07. The minimum atomic E-state index is -0.624. The molecule has 0 aliphatic carbocycles. The number of likely N-dealkylation sites (tertiary alicyclic amines) is 1. The van der Waals surface area contributed by atoms with Crippen molar-refractivity contribution in [3.8, 4) is 0 Å². The minimum absolute atomic E-state index is 0.00589. The molecule has 3 amide bonds. The third-order valence-corrected chi connectivity index (χ3v) is 7.23. The molecule has 1 aliphatic heterocycles. The summed E-state index contributed by atoms with van der Waals surface area (Å²) in [6.45, 7) is 9.16. The smallest absolute Gasteiger partial charge is 0.262 e. The summed E-state index contributed by atoms with van der Waals surface area (Å²) in [4.78, 5) is 41.3. The van der Waals surface area contributed by atoms with Crippen molar-refractivity contribution in [2.75, 3.05) is 13.1 Å². The maximum atomic E-state index is 13.1. The van der Waals surface area contributed by atoms with Gasteiger partial charge in [0.15, 0.2) is 0 Å². The van der Waals surface area contributed by atoms with E-state index in [0.29, 0.717) is 36.7 Å². The first kappa shape index (κ1) is 24.0. The summed E-state index contributed by atoms with van der Waals surface area (Å²) in [6.07, 6.45) is 1.33. The van der Waals surface area contributed by atoms with Crippen LogP contribution in [0.2, 0.25) is 0 Å². The molecular weight excluding hydrogens is 422 g/mol. The number of rotatable bonds is 7. The van der Waals surface area contributed by atoms with Crippen molar-refractivity contribution in [2.45, 2.75) is 52.6 Å². The highest BCUT2D eigenvalue weighted by molar-refractivity contribution is 7.12. The molecule has 1 aliphatic rings. The summed E-state index contributed by atoms with van der Waals surface area (Å²) in [5.74, 6) is -0.0884. The lowest BCUT2D eigenvalue weighted by atomic mass is 9.88. The molecule has 2 heterocycles. The summed E-state index contributed by atoms with van der Waals surface area (Å²) in [7, 11) is 0. The van der Waals surface area contributed by atoms with Crippen LogP contribution in [-0.4, -0.2) is 47.8 Å². The van der Waals surface area contributed by atoms with Crippen LogP contribution in [0.25, 0.3) is 0 Å². The molecule has 2 atom stereocenters. The summed E-state index contributed by atoms with van der Waals surface area (Å²) >= 11 is 1.36. The lowest BCUT2D eigenvalue weighted by Gasteiger charge is -2.36. The number of nitrogens with zero attached hydrogens (tertiary/aromatic N) is 1. The number of hydrogen-bond donors (Lipinski definition) is 2. The Labute approximate surface area is 194 Å². The van der Waals surface area contributed by atoms with Crippen LogP contribution in [0, 0.1) is 18.8 Å². The zero-order valence-electron chi connectivity index (χ0n) is 19.3. The molecule has 172 valence electrons. The lowest BCUT2D eigenvalue weighted by molar-refractivity contribution is -0.125. The van der Waals surface area contributed by atoms with Gasteiger partial charge >= 0.3 is 0 Å². The van der Waals surface area contributed by atoms with E-state index in [4.69, 9.17) is 0 Å². The molecule has 2 N–H and O–H groups in total. The van der Waals surface area contributed by atoms with Crippen LogP contribution in [0.4, 0.5) is 0 Å². The SMILES string of the molecule is Cc1ccccc1C(=O)N1CCC([C@@H](NC(=O)c2cccs2)C(=O)N[C@H](C)C(C)C)CC1. The molecule has 0 spiro atoms. The van der Waals surface area contributed by atoms with Gasteiger partial charge in [-0.15, -0.1) is 11.3 Å². The number of aryl methyl sites for hydroxylation is 1. The van der Waals surface area contributed by atoms with E-state index in [1.807, 2.05) is 54.5 Å². The van der Waals surface area contributed by atoms with Crippen molar-refractivity contribution in [3.63, 3.8) is 0 Å². The van der Waals surface area contributed by atoms with E-state index in [9.17, 15) is 14.4 Å². The molecule has 0 bridgehead atoms. The van der Waals surface area contributed by atoms with Gasteiger partial charge < -0.3 is 15.5 Å². The van der Waals surface area contributed by atoms with Crippen molar-refractivity contribution in [2.24, 2.45) is 11.8 Å². The van der Waals surface area contributed by atoms with E-state index in [2.05, 4.69) is 24.5 Å². The first-order chi connectivity index (χ1) is 15.3. The van der Waals surface area contributed by atoms with Gasteiger partial charge in [-0.2, -0.15) is 0 Å². The number of hydrogen-bond acceptors (Lipinski definition) is 4. The van der Waals surface area contributed by atoms with Gasteiger partial charge in [0.05, 0.1) is 4.88 Å². The number of nitrogens with one attached hydrogen (secondary N) is 2. The Bertz CT molecular complexity index is 934. The highest BCUT2D eigenvalue weighted by Gasteiger charge is 2.35. The fourth-order valence-electron chi connectivity index (χ4n) is 3.92. The van der Waals surface area contributed by atoms with Gasteiger partial charge in [0.25, 0.3) is 11.8 Å². The van der Waals surface area contributed by atoms with Gasteiger partial charge in [-0.1, -0.05) is 38.1 Å². The highest BCUT2D eigenvalue weighted by Crippen LogP contribution is 2.24. The molecule has 1 aromatic heterocycles. The first-order valence-electron chi connectivity index (χ1n) is 11.3. The Morgan fingerprint density at radius 1 is 1.00 bits per heavy atom. The topological polar surface area (TPSA) is 78.5 Å². The van der Waals surface area contributed by atoms with Crippen LogP contribution in [0.1, 0.15) is 59.2 Å². The maximum Gasteiger partial charge on any atom is 0.262 e. The Morgan fingerprint density at radius 2 is 1.69 bits per heavy atom. The molecule has 0 unspecified atom stereocenters. The Balaban J connectivity index is 1.69. The van der Waals surface area contributed by atoms with Crippen molar-refractivity contribution < 1.29 is 14.4 Å². The second-order valence-corrected chi connectivity index (χ2v) is 9.86. The minimum Gasteiger partial charge on any atom is -0.352 e. The molecule has 1 saturated heterocycles. The standard InChI is InChI=1S/C25H33N3O3S/c1-16(2)18(4)26-24(30)22(27-23(29)21-10-7-15-32-21)19-11-13-28(14-12-19)25(31)20-9-6-5-8-17(20)3/h5-10,15-16,18-19,22H,11-14H2,1-4H3,(H,26,30)(H,27,29)/t18-,22-/m1/s1. The predicted molar refractivity (Wildman–Crippen MR) is 128 cm³/mol. The monoisotopic (exact) mass is 455 g/mol. The summed E-state index contributed by atoms with van der Waals surface area (Å²) < 4.78 is 0. The Morgan fingerprint density at radius 3 is 2.28 bits per heavy atom. The van der Waals surface area contributed by atoms with Crippen molar-refractivity contribution in [1.29, 1.82) is 0 Å². The Hall–Kier alpha value is -2.67. The quantitative estimate of drug-likeness (QED) is 0.665. The predicted octanol–water partition coefficient (Wildman–Crippen LogP) is 3.87. The summed E-state index contributed by atoms with van der Waals surface area (Å²) in [5, 5.41) is 7.89. The van der Waals surface area contributed by atoms with Gasteiger partial charge in [0.1, 0.15) is 6.04 Å². The van der Waals surface area contributed by atoms with Crippen molar-refractivity contribution in [1.82, 2.24) is 15.5 Å². The number of thiophene rings is 1. The fourth-order valence-corrected chi connectivity index (χ4v) is 4.54. The van der Waals surface area contributed by atoms with E-state index in [1.54, 1.807) is 6.07 Å². The van der Waals surface area contributed by atoms with E-state index in [0.717, 1.165) is 11.1 Å². The van der Waals surface area contributed by atoms with Crippen LogP contribution in [0.3, 0.4) is 0 Å². The van der Waals surface area contributed by atoms with Crippen molar-refractivity contribution in [3.05, 3.63) is 57.8 Å². The molecule has 0 radical (unpaired) electrons. The average molecular weight is 456 g/mol. The zero-order valence-corrected chi connectivity index (χ0v) is 20.1. The molecule has 1 fully saturated rings. The third kappa shape index (κ3) is 5.76. The fraction of sp³-hybridized carbons (Fsp3) is 0.480. The average Bonchev–Trinajstić information content (AvgIpc) is 3.32.